The summed E-state index contributed by atoms with van der Waals surface area (Å²) in [5, 5.41) is 11.6. The number of carbonyl (C=O) groups is 1. The van der Waals surface area contributed by atoms with E-state index >= 15 is 0 Å². The quantitative estimate of drug-likeness (QED) is 0.901. The van der Waals surface area contributed by atoms with Crippen molar-refractivity contribution in [2.24, 2.45) is 18.9 Å². The minimum atomic E-state index is 0.0273. The first-order valence-electron chi connectivity index (χ1n) is 9.42. The first-order valence-corrected chi connectivity index (χ1v) is 9.42. The fourth-order valence-electron chi connectivity index (χ4n) is 4.38. The molecule has 6 heteroatoms. The van der Waals surface area contributed by atoms with E-state index in [9.17, 15) is 4.79 Å². The molecule has 0 bridgehead atoms. The number of hydrogen-bond acceptors (Lipinski definition) is 3. The molecule has 0 unspecified atom stereocenters. The molecule has 2 amide bonds. The van der Waals surface area contributed by atoms with Crippen LogP contribution in [0, 0.1) is 18.8 Å². The molecule has 0 saturated heterocycles. The van der Waals surface area contributed by atoms with Gasteiger partial charge in [-0.25, -0.2) is 4.79 Å². The van der Waals surface area contributed by atoms with Gasteiger partial charge in [0, 0.05) is 20.1 Å². The Hall–Kier alpha value is -1.59. The van der Waals surface area contributed by atoms with Crippen LogP contribution in [0.5, 0.6) is 0 Å². The molecule has 3 rings (SSSR count). The number of aryl methyl sites for hydroxylation is 1. The van der Waals surface area contributed by atoms with Crippen molar-refractivity contribution < 1.29 is 4.79 Å². The van der Waals surface area contributed by atoms with Crippen LogP contribution >= 0.6 is 0 Å². The Morgan fingerprint density at radius 2 is 1.71 bits per heavy atom. The van der Waals surface area contributed by atoms with Crippen LogP contribution in [0.4, 0.5) is 4.79 Å². The third-order valence-corrected chi connectivity index (χ3v) is 6.01. The molecule has 2 saturated carbocycles. The van der Waals surface area contributed by atoms with Gasteiger partial charge < -0.3 is 14.8 Å². The highest BCUT2D eigenvalue weighted by atomic mass is 16.2. The highest BCUT2D eigenvalue weighted by Gasteiger charge is 2.34. The van der Waals surface area contributed by atoms with Crippen molar-refractivity contribution in [1.82, 2.24) is 25.0 Å². The lowest BCUT2D eigenvalue weighted by Gasteiger charge is -2.32. The maximum Gasteiger partial charge on any atom is 0.317 e. The molecule has 0 aromatic carbocycles. The van der Waals surface area contributed by atoms with Gasteiger partial charge >= 0.3 is 6.03 Å². The first-order chi connectivity index (χ1) is 11.6. The van der Waals surface area contributed by atoms with Gasteiger partial charge in [0.25, 0.3) is 0 Å². The second kappa shape index (κ2) is 7.53. The number of hydrogen-bond donors (Lipinski definition) is 1. The lowest BCUT2D eigenvalue weighted by Crippen LogP contribution is -2.48. The van der Waals surface area contributed by atoms with Crippen LogP contribution in [0.25, 0.3) is 0 Å². The number of amides is 2. The van der Waals surface area contributed by atoms with Crippen LogP contribution in [0.15, 0.2) is 0 Å². The summed E-state index contributed by atoms with van der Waals surface area (Å²) in [6, 6.07) is 0.380. The molecule has 6 nitrogen and oxygen atoms in total. The molecule has 2 fully saturated rings. The Morgan fingerprint density at radius 3 is 2.17 bits per heavy atom. The Bertz CT molecular complexity index is 542. The minimum Gasteiger partial charge on any atom is -0.335 e. The van der Waals surface area contributed by atoms with Crippen molar-refractivity contribution in [2.75, 3.05) is 7.05 Å². The summed E-state index contributed by atoms with van der Waals surface area (Å²) in [4.78, 5) is 14.5. The second-order valence-corrected chi connectivity index (χ2v) is 7.64. The maximum atomic E-state index is 12.7. The van der Waals surface area contributed by atoms with E-state index in [0.29, 0.717) is 24.4 Å². The third kappa shape index (κ3) is 3.73. The predicted molar refractivity (Wildman–Crippen MR) is 93.4 cm³/mol. The van der Waals surface area contributed by atoms with Gasteiger partial charge in [0.15, 0.2) is 5.82 Å². The standard InChI is InChI=1S/C18H31N5O/c1-13-20-21-16(23(13)3)12-22(2)18(24)19-17(14-8-4-5-9-14)15-10-6-7-11-15/h14-15,17H,4-12H2,1-3H3,(H,19,24). The summed E-state index contributed by atoms with van der Waals surface area (Å²) >= 11 is 0. The van der Waals surface area contributed by atoms with E-state index in [1.165, 1.54) is 51.4 Å². The third-order valence-electron chi connectivity index (χ3n) is 6.01. The van der Waals surface area contributed by atoms with Gasteiger partial charge in [-0.3, -0.25) is 0 Å². The predicted octanol–water partition coefficient (Wildman–Crippen LogP) is 3.01. The molecule has 0 aliphatic heterocycles. The zero-order valence-electron chi connectivity index (χ0n) is 15.3. The van der Waals surface area contributed by atoms with E-state index in [2.05, 4.69) is 15.5 Å². The normalized spacial score (nSPS) is 19.3. The summed E-state index contributed by atoms with van der Waals surface area (Å²) in [5.41, 5.74) is 0. The molecule has 24 heavy (non-hydrogen) atoms. The lowest BCUT2D eigenvalue weighted by atomic mass is 9.86. The second-order valence-electron chi connectivity index (χ2n) is 7.64. The van der Waals surface area contributed by atoms with Crippen LogP contribution in [0.2, 0.25) is 0 Å². The van der Waals surface area contributed by atoms with Gasteiger partial charge in [0.1, 0.15) is 5.82 Å². The van der Waals surface area contributed by atoms with Crippen molar-refractivity contribution in [2.45, 2.75) is 70.9 Å². The zero-order chi connectivity index (χ0) is 17.1. The van der Waals surface area contributed by atoms with Crippen LogP contribution in [0.1, 0.15) is 63.0 Å². The summed E-state index contributed by atoms with van der Waals surface area (Å²) in [5.74, 6) is 3.03. The summed E-state index contributed by atoms with van der Waals surface area (Å²) in [6.07, 6.45) is 10.4. The Labute approximate surface area is 145 Å². The number of urea groups is 1. The van der Waals surface area contributed by atoms with Crippen molar-refractivity contribution in [3.63, 3.8) is 0 Å². The summed E-state index contributed by atoms with van der Waals surface area (Å²) in [7, 11) is 3.79. The van der Waals surface area contributed by atoms with E-state index in [-0.39, 0.29) is 6.03 Å². The average Bonchev–Trinajstić information content (AvgIpc) is 3.32. The van der Waals surface area contributed by atoms with Crippen molar-refractivity contribution >= 4 is 6.03 Å². The topological polar surface area (TPSA) is 63.1 Å². The molecule has 1 aromatic rings. The van der Waals surface area contributed by atoms with E-state index in [1.807, 2.05) is 25.6 Å². The molecule has 1 N–H and O–H groups in total. The maximum absolute atomic E-state index is 12.7. The summed E-state index contributed by atoms with van der Waals surface area (Å²) in [6.45, 7) is 2.41. The molecule has 2 aliphatic carbocycles. The Kier molecular flexibility index (Phi) is 5.41. The fourth-order valence-corrected chi connectivity index (χ4v) is 4.38. The zero-order valence-corrected chi connectivity index (χ0v) is 15.3. The molecule has 0 atom stereocenters. The van der Waals surface area contributed by atoms with Crippen molar-refractivity contribution in [3.8, 4) is 0 Å². The molecule has 1 aromatic heterocycles. The molecule has 0 spiro atoms. The fraction of sp³-hybridized carbons (Fsp3) is 0.833. The highest BCUT2D eigenvalue weighted by Crippen LogP contribution is 2.37. The number of nitrogens with zero attached hydrogens (tertiary/aromatic N) is 4. The van der Waals surface area contributed by atoms with E-state index < -0.39 is 0 Å². The van der Waals surface area contributed by atoms with Crippen molar-refractivity contribution in [1.29, 1.82) is 0 Å². The first kappa shape index (κ1) is 17.2. The molecule has 1 heterocycles. The average molecular weight is 333 g/mol. The van der Waals surface area contributed by atoms with Gasteiger partial charge in [0.05, 0.1) is 6.54 Å². The van der Waals surface area contributed by atoms with Gasteiger partial charge in [-0.15, -0.1) is 10.2 Å². The molecule has 2 aliphatic rings. The molecule has 0 radical (unpaired) electrons. The minimum absolute atomic E-state index is 0.0273. The lowest BCUT2D eigenvalue weighted by molar-refractivity contribution is 0.183. The SMILES string of the molecule is Cc1nnc(CN(C)C(=O)NC(C2CCCC2)C2CCCC2)n1C. The monoisotopic (exact) mass is 333 g/mol. The van der Waals surface area contributed by atoms with Crippen LogP contribution < -0.4 is 5.32 Å². The molecule has 134 valence electrons. The molecular weight excluding hydrogens is 302 g/mol. The Balaban J connectivity index is 1.62. The van der Waals surface area contributed by atoms with Gasteiger partial charge in [-0.2, -0.15) is 0 Å². The molecular formula is C18H31N5O. The van der Waals surface area contributed by atoms with E-state index in [1.54, 1.807) is 4.90 Å². The highest BCUT2D eigenvalue weighted by molar-refractivity contribution is 5.74. The smallest absolute Gasteiger partial charge is 0.317 e. The van der Waals surface area contributed by atoms with Gasteiger partial charge in [0.2, 0.25) is 0 Å². The van der Waals surface area contributed by atoms with Gasteiger partial charge in [-0.05, 0) is 44.4 Å². The van der Waals surface area contributed by atoms with E-state index in [0.717, 1.165) is 11.6 Å². The Morgan fingerprint density at radius 1 is 1.17 bits per heavy atom. The summed E-state index contributed by atoms with van der Waals surface area (Å²) < 4.78 is 1.94. The number of nitrogens with one attached hydrogen (secondary N) is 1. The number of rotatable bonds is 5. The van der Waals surface area contributed by atoms with Gasteiger partial charge in [-0.1, -0.05) is 25.7 Å². The van der Waals surface area contributed by atoms with Crippen LogP contribution in [0.3, 0.4) is 0 Å². The van der Waals surface area contributed by atoms with E-state index in [4.69, 9.17) is 0 Å². The largest absolute Gasteiger partial charge is 0.335 e. The number of carbonyl (C=O) groups excluding carboxylic acids is 1. The van der Waals surface area contributed by atoms with Crippen LogP contribution in [-0.4, -0.2) is 38.8 Å². The number of aromatic nitrogens is 3. The van der Waals surface area contributed by atoms with Crippen LogP contribution in [-0.2, 0) is 13.6 Å². The van der Waals surface area contributed by atoms with Crippen molar-refractivity contribution in [3.05, 3.63) is 11.6 Å².